The van der Waals surface area contributed by atoms with Crippen molar-refractivity contribution in [3.8, 4) is 0 Å². The molecule has 0 aliphatic carbocycles. The van der Waals surface area contributed by atoms with E-state index >= 15 is 0 Å². The Labute approximate surface area is 114 Å². The molecular formula is C13H15F3N2O2. The molecule has 0 atom stereocenters. The molecule has 0 bridgehead atoms. The number of rotatable bonds is 0. The highest BCUT2D eigenvalue weighted by molar-refractivity contribution is 5.89. The molecule has 1 aromatic rings. The van der Waals surface area contributed by atoms with E-state index in [2.05, 4.69) is 4.98 Å². The molecule has 0 spiro atoms. The number of carbonyl (C=O) groups is 1. The van der Waals surface area contributed by atoms with Gasteiger partial charge in [0.15, 0.2) is 0 Å². The summed E-state index contributed by atoms with van der Waals surface area (Å²) < 4.78 is 43.0. The van der Waals surface area contributed by atoms with Crippen molar-refractivity contribution in [3.05, 3.63) is 23.4 Å². The van der Waals surface area contributed by atoms with Crippen LogP contribution in [0.5, 0.6) is 0 Å². The zero-order valence-electron chi connectivity index (χ0n) is 11.4. The van der Waals surface area contributed by atoms with Gasteiger partial charge in [-0.1, -0.05) is 0 Å². The molecule has 0 fully saturated rings. The smallest absolute Gasteiger partial charge is 0.417 e. The minimum atomic E-state index is -4.43. The molecule has 2 rings (SSSR count). The fraction of sp³-hybridized carbons (Fsp3) is 0.538. The molecule has 1 amide bonds. The average molecular weight is 288 g/mol. The normalized spacial score (nSPS) is 15.2. The third-order valence-corrected chi connectivity index (χ3v) is 2.74. The summed E-state index contributed by atoms with van der Waals surface area (Å²) >= 11 is 0. The van der Waals surface area contributed by atoms with Crippen LogP contribution in [0.1, 0.15) is 31.9 Å². The summed E-state index contributed by atoms with van der Waals surface area (Å²) in [5.74, 6) is 0.243. The molecule has 110 valence electrons. The lowest BCUT2D eigenvalue weighted by Gasteiger charge is -2.24. The van der Waals surface area contributed by atoms with Crippen molar-refractivity contribution in [2.45, 2.75) is 39.0 Å². The van der Waals surface area contributed by atoms with Crippen molar-refractivity contribution in [3.63, 3.8) is 0 Å². The minimum Gasteiger partial charge on any atom is -0.443 e. The SMILES string of the molecule is CC(C)(C)OC(=O)N1CCc2cc(C(F)(F)F)cnc21. The Kier molecular flexibility index (Phi) is 3.39. The Bertz CT molecular complexity index is 535. The van der Waals surface area contributed by atoms with Crippen LogP contribution in [0.4, 0.5) is 23.8 Å². The maximum absolute atomic E-state index is 12.6. The minimum absolute atomic E-state index is 0.243. The Morgan fingerprint density at radius 1 is 1.35 bits per heavy atom. The number of hydrogen-bond donors (Lipinski definition) is 0. The highest BCUT2D eigenvalue weighted by Gasteiger charge is 2.35. The Morgan fingerprint density at radius 2 is 2.00 bits per heavy atom. The predicted molar refractivity (Wildman–Crippen MR) is 66.5 cm³/mol. The van der Waals surface area contributed by atoms with Crippen LogP contribution in [0.25, 0.3) is 0 Å². The van der Waals surface area contributed by atoms with Gasteiger partial charge in [0.05, 0.1) is 5.56 Å². The number of ether oxygens (including phenoxy) is 1. The molecule has 1 aliphatic rings. The summed E-state index contributed by atoms with van der Waals surface area (Å²) in [6, 6.07) is 1.03. The van der Waals surface area contributed by atoms with Gasteiger partial charge >= 0.3 is 12.3 Å². The lowest BCUT2D eigenvalue weighted by Crippen LogP contribution is -2.36. The summed E-state index contributed by atoms with van der Waals surface area (Å²) in [4.78, 5) is 17.0. The molecule has 7 heteroatoms. The largest absolute Gasteiger partial charge is 0.443 e. The third-order valence-electron chi connectivity index (χ3n) is 2.74. The van der Waals surface area contributed by atoms with Crippen molar-refractivity contribution in [2.75, 3.05) is 11.4 Å². The van der Waals surface area contributed by atoms with Crippen LogP contribution >= 0.6 is 0 Å². The zero-order valence-corrected chi connectivity index (χ0v) is 11.4. The van der Waals surface area contributed by atoms with E-state index in [-0.39, 0.29) is 12.4 Å². The molecule has 0 radical (unpaired) electrons. The average Bonchev–Trinajstić information content (AvgIpc) is 2.67. The lowest BCUT2D eigenvalue weighted by atomic mass is 10.1. The first-order valence-corrected chi connectivity index (χ1v) is 6.14. The number of aromatic nitrogens is 1. The molecule has 0 unspecified atom stereocenters. The van der Waals surface area contributed by atoms with Gasteiger partial charge in [-0.2, -0.15) is 13.2 Å². The molecular weight excluding hydrogens is 273 g/mol. The van der Waals surface area contributed by atoms with Gasteiger partial charge in [-0.25, -0.2) is 9.78 Å². The van der Waals surface area contributed by atoms with Crippen LogP contribution in [0, 0.1) is 0 Å². The van der Waals surface area contributed by atoms with Gasteiger partial charge in [0.25, 0.3) is 0 Å². The highest BCUT2D eigenvalue weighted by atomic mass is 19.4. The van der Waals surface area contributed by atoms with Gasteiger partial charge in [0.2, 0.25) is 0 Å². The second-order valence-corrected chi connectivity index (χ2v) is 5.59. The van der Waals surface area contributed by atoms with Gasteiger partial charge in [0.1, 0.15) is 11.4 Å². The van der Waals surface area contributed by atoms with E-state index in [9.17, 15) is 18.0 Å². The number of nitrogens with zero attached hydrogens (tertiary/aromatic N) is 2. The van der Waals surface area contributed by atoms with Gasteiger partial charge in [0, 0.05) is 12.7 Å². The molecule has 1 aromatic heterocycles. The quantitative estimate of drug-likeness (QED) is 0.735. The number of anilines is 1. The molecule has 2 heterocycles. The van der Waals surface area contributed by atoms with Crippen LogP contribution in [-0.4, -0.2) is 23.2 Å². The first-order chi connectivity index (χ1) is 9.08. The third kappa shape index (κ3) is 3.02. The number of amides is 1. The standard InChI is InChI=1S/C13H15F3N2O2/c1-12(2,3)20-11(19)18-5-4-8-6-9(13(14,15)16)7-17-10(8)18/h6-7H,4-5H2,1-3H3. The predicted octanol–water partition coefficient (Wildman–Crippen LogP) is 3.40. The highest BCUT2D eigenvalue weighted by Crippen LogP contribution is 2.34. The fourth-order valence-corrected chi connectivity index (χ4v) is 1.92. The Morgan fingerprint density at radius 3 is 2.55 bits per heavy atom. The first-order valence-electron chi connectivity index (χ1n) is 6.14. The fourth-order valence-electron chi connectivity index (χ4n) is 1.92. The summed E-state index contributed by atoms with van der Waals surface area (Å²) in [6.07, 6.45) is -3.95. The van der Waals surface area contributed by atoms with E-state index in [4.69, 9.17) is 4.74 Å². The van der Waals surface area contributed by atoms with E-state index in [1.807, 2.05) is 0 Å². The molecule has 0 N–H and O–H groups in total. The number of fused-ring (bicyclic) bond motifs is 1. The molecule has 0 saturated heterocycles. The van der Waals surface area contributed by atoms with Crippen LogP contribution in [0.15, 0.2) is 12.3 Å². The molecule has 0 saturated carbocycles. The van der Waals surface area contributed by atoms with Gasteiger partial charge < -0.3 is 4.74 Å². The summed E-state index contributed by atoms with van der Waals surface area (Å²) in [7, 11) is 0. The van der Waals surface area contributed by atoms with E-state index < -0.39 is 23.4 Å². The number of alkyl halides is 3. The monoisotopic (exact) mass is 288 g/mol. The Balaban J connectivity index is 2.24. The van der Waals surface area contributed by atoms with E-state index in [1.165, 1.54) is 4.90 Å². The second kappa shape index (κ2) is 4.64. The van der Waals surface area contributed by atoms with Crippen LogP contribution in [-0.2, 0) is 17.3 Å². The van der Waals surface area contributed by atoms with Crippen molar-refractivity contribution >= 4 is 11.9 Å². The number of hydrogen-bond acceptors (Lipinski definition) is 3. The Hall–Kier alpha value is -1.79. The maximum Gasteiger partial charge on any atom is 0.417 e. The summed E-state index contributed by atoms with van der Waals surface area (Å²) in [5.41, 5.74) is -1.06. The topological polar surface area (TPSA) is 42.4 Å². The van der Waals surface area contributed by atoms with E-state index in [1.54, 1.807) is 20.8 Å². The maximum atomic E-state index is 12.6. The molecule has 4 nitrogen and oxygen atoms in total. The molecule has 1 aliphatic heterocycles. The summed E-state index contributed by atoms with van der Waals surface area (Å²) in [5, 5.41) is 0. The number of halogens is 3. The van der Waals surface area contributed by atoms with Crippen molar-refractivity contribution in [1.29, 1.82) is 0 Å². The van der Waals surface area contributed by atoms with Crippen molar-refractivity contribution < 1.29 is 22.7 Å². The lowest BCUT2D eigenvalue weighted by molar-refractivity contribution is -0.137. The number of carbonyl (C=O) groups excluding carboxylic acids is 1. The van der Waals surface area contributed by atoms with Gasteiger partial charge in [-0.15, -0.1) is 0 Å². The van der Waals surface area contributed by atoms with Gasteiger partial charge in [-0.05, 0) is 38.8 Å². The first kappa shape index (κ1) is 14.6. The van der Waals surface area contributed by atoms with E-state index in [0.29, 0.717) is 12.0 Å². The van der Waals surface area contributed by atoms with Crippen molar-refractivity contribution in [1.82, 2.24) is 4.98 Å². The van der Waals surface area contributed by atoms with Crippen LogP contribution in [0.3, 0.4) is 0 Å². The molecule has 20 heavy (non-hydrogen) atoms. The van der Waals surface area contributed by atoms with Gasteiger partial charge in [-0.3, -0.25) is 4.90 Å². The zero-order chi connectivity index (χ0) is 15.1. The number of pyridine rings is 1. The van der Waals surface area contributed by atoms with E-state index in [0.717, 1.165) is 12.3 Å². The second-order valence-electron chi connectivity index (χ2n) is 5.59. The van der Waals surface area contributed by atoms with Crippen molar-refractivity contribution in [2.24, 2.45) is 0 Å². The summed E-state index contributed by atoms with van der Waals surface area (Å²) in [6.45, 7) is 5.45. The van der Waals surface area contributed by atoms with Crippen LogP contribution in [0.2, 0.25) is 0 Å². The molecule has 0 aromatic carbocycles. The van der Waals surface area contributed by atoms with Crippen LogP contribution < -0.4 is 4.90 Å².